The average Bonchev–Trinajstić information content (AvgIpc) is 2.59. The zero-order valence-electron chi connectivity index (χ0n) is 13.8. The maximum absolute atomic E-state index is 12.0. The van der Waals surface area contributed by atoms with Crippen LogP contribution in [0.15, 0.2) is 59.5 Å². The molecular formula is C17H17N3O5S. The first-order chi connectivity index (χ1) is 12.2. The fourth-order valence-electron chi connectivity index (χ4n) is 2.20. The van der Waals surface area contributed by atoms with Gasteiger partial charge in [0.2, 0.25) is 15.9 Å². The van der Waals surface area contributed by atoms with Gasteiger partial charge in [-0.1, -0.05) is 24.3 Å². The van der Waals surface area contributed by atoms with Gasteiger partial charge in [-0.2, -0.15) is 0 Å². The van der Waals surface area contributed by atoms with E-state index in [2.05, 4.69) is 5.32 Å². The van der Waals surface area contributed by atoms with E-state index in [9.17, 15) is 23.3 Å². The summed E-state index contributed by atoms with van der Waals surface area (Å²) in [6, 6.07) is 11.4. The second kappa shape index (κ2) is 7.89. The second-order valence-electron chi connectivity index (χ2n) is 5.53. The molecule has 8 nitrogen and oxygen atoms in total. The number of hydrogen-bond acceptors (Lipinski definition) is 5. The fourth-order valence-corrected chi connectivity index (χ4v) is 2.72. The summed E-state index contributed by atoms with van der Waals surface area (Å²) >= 11 is 0. The van der Waals surface area contributed by atoms with E-state index in [0.717, 1.165) is 0 Å². The SMILES string of the molecule is CC(NC(=O)/C=C/c1cccc([N+](=O)[O-])c1)c1ccc(S(N)(=O)=O)cc1. The van der Waals surface area contributed by atoms with Gasteiger partial charge in [0.05, 0.1) is 15.9 Å². The molecule has 0 aliphatic carbocycles. The molecule has 0 radical (unpaired) electrons. The molecule has 0 aliphatic rings. The number of benzene rings is 2. The lowest BCUT2D eigenvalue weighted by Crippen LogP contribution is -2.24. The average molecular weight is 375 g/mol. The Morgan fingerprint density at radius 2 is 1.88 bits per heavy atom. The van der Waals surface area contributed by atoms with Crippen LogP contribution in [0.1, 0.15) is 24.1 Å². The molecule has 2 aromatic carbocycles. The first kappa shape index (κ1) is 19.3. The number of carbonyl (C=O) groups is 1. The molecule has 2 aromatic rings. The number of nitrogens with two attached hydrogens (primary N) is 1. The van der Waals surface area contributed by atoms with Crippen molar-refractivity contribution in [2.75, 3.05) is 0 Å². The molecule has 0 fully saturated rings. The summed E-state index contributed by atoms with van der Waals surface area (Å²) in [6.45, 7) is 1.74. The van der Waals surface area contributed by atoms with Gasteiger partial charge in [-0.3, -0.25) is 14.9 Å². The normalized spacial score (nSPS) is 12.7. The molecule has 0 heterocycles. The second-order valence-corrected chi connectivity index (χ2v) is 7.09. The highest BCUT2D eigenvalue weighted by Crippen LogP contribution is 2.16. The predicted octanol–water partition coefficient (Wildman–Crippen LogP) is 2.13. The van der Waals surface area contributed by atoms with E-state index in [0.29, 0.717) is 11.1 Å². The third kappa shape index (κ3) is 5.23. The summed E-state index contributed by atoms with van der Waals surface area (Å²) in [5, 5.41) is 18.5. The molecule has 0 spiro atoms. The molecule has 136 valence electrons. The fraction of sp³-hybridized carbons (Fsp3) is 0.118. The van der Waals surface area contributed by atoms with Crippen molar-refractivity contribution in [2.24, 2.45) is 5.14 Å². The molecule has 0 aliphatic heterocycles. The third-order valence-corrected chi connectivity index (χ3v) is 4.50. The first-order valence-corrected chi connectivity index (χ1v) is 9.07. The molecule has 1 atom stereocenters. The number of nitrogens with zero attached hydrogens (tertiary/aromatic N) is 1. The Kier molecular flexibility index (Phi) is 5.86. The Balaban J connectivity index is 2.03. The number of nitro benzene ring substituents is 1. The number of amides is 1. The van der Waals surface area contributed by atoms with Crippen LogP contribution < -0.4 is 10.5 Å². The van der Waals surface area contributed by atoms with Crippen molar-refractivity contribution in [3.63, 3.8) is 0 Å². The molecule has 1 unspecified atom stereocenters. The number of nitrogens with one attached hydrogen (secondary N) is 1. The van der Waals surface area contributed by atoms with E-state index in [1.54, 1.807) is 25.1 Å². The van der Waals surface area contributed by atoms with Crippen molar-refractivity contribution >= 4 is 27.7 Å². The van der Waals surface area contributed by atoms with Crippen molar-refractivity contribution in [1.29, 1.82) is 0 Å². The number of hydrogen-bond donors (Lipinski definition) is 2. The van der Waals surface area contributed by atoms with E-state index in [1.165, 1.54) is 42.5 Å². The number of nitro groups is 1. The zero-order chi connectivity index (χ0) is 19.3. The molecule has 0 saturated heterocycles. The van der Waals surface area contributed by atoms with Gasteiger partial charge in [-0.25, -0.2) is 13.6 Å². The standard InChI is InChI=1S/C17H17N3O5S/c1-12(14-6-8-16(9-7-14)26(18,24)25)19-17(21)10-5-13-3-2-4-15(11-13)20(22)23/h2-12H,1H3,(H,19,21)(H2,18,24,25)/b10-5+. The van der Waals surface area contributed by atoms with Crippen molar-refractivity contribution in [3.05, 3.63) is 75.8 Å². The van der Waals surface area contributed by atoms with Crippen molar-refractivity contribution in [2.45, 2.75) is 17.9 Å². The van der Waals surface area contributed by atoms with E-state index >= 15 is 0 Å². The quantitative estimate of drug-likeness (QED) is 0.453. The van der Waals surface area contributed by atoms with Crippen LogP contribution in [0.2, 0.25) is 0 Å². The molecule has 0 saturated carbocycles. The summed E-state index contributed by atoms with van der Waals surface area (Å²) in [7, 11) is -3.76. The van der Waals surface area contributed by atoms with Gasteiger partial charge in [0.15, 0.2) is 0 Å². The number of carbonyl (C=O) groups excluding carboxylic acids is 1. The number of primary sulfonamides is 1. The van der Waals surface area contributed by atoms with Crippen LogP contribution in [0.5, 0.6) is 0 Å². The van der Waals surface area contributed by atoms with E-state index in [4.69, 9.17) is 5.14 Å². The highest BCUT2D eigenvalue weighted by Gasteiger charge is 2.11. The number of rotatable bonds is 6. The summed E-state index contributed by atoms with van der Waals surface area (Å²) < 4.78 is 22.5. The molecule has 9 heteroatoms. The smallest absolute Gasteiger partial charge is 0.270 e. The van der Waals surface area contributed by atoms with Gasteiger partial charge in [0.25, 0.3) is 5.69 Å². The summed E-state index contributed by atoms with van der Waals surface area (Å²) in [5.41, 5.74) is 1.17. The predicted molar refractivity (Wildman–Crippen MR) is 96.5 cm³/mol. The first-order valence-electron chi connectivity index (χ1n) is 7.52. The third-order valence-electron chi connectivity index (χ3n) is 3.58. The largest absolute Gasteiger partial charge is 0.346 e. The molecule has 2 rings (SSSR count). The van der Waals surface area contributed by atoms with Crippen molar-refractivity contribution in [3.8, 4) is 0 Å². The van der Waals surface area contributed by atoms with Gasteiger partial charge >= 0.3 is 0 Å². The van der Waals surface area contributed by atoms with Crippen LogP contribution in [-0.2, 0) is 14.8 Å². The van der Waals surface area contributed by atoms with Crippen molar-refractivity contribution in [1.82, 2.24) is 5.32 Å². The van der Waals surface area contributed by atoms with Crippen LogP contribution in [0.3, 0.4) is 0 Å². The Morgan fingerprint density at radius 1 is 1.23 bits per heavy atom. The Labute approximate surface area is 150 Å². The number of sulfonamides is 1. The molecule has 3 N–H and O–H groups in total. The molecule has 0 bridgehead atoms. The lowest BCUT2D eigenvalue weighted by Gasteiger charge is -2.13. The van der Waals surface area contributed by atoms with Gasteiger partial charge in [0.1, 0.15) is 0 Å². The monoisotopic (exact) mass is 375 g/mol. The summed E-state index contributed by atoms with van der Waals surface area (Å²) in [6.07, 6.45) is 2.74. The minimum absolute atomic E-state index is 0.00894. The molecule has 1 amide bonds. The van der Waals surface area contributed by atoms with E-state index < -0.39 is 14.9 Å². The van der Waals surface area contributed by atoms with Crippen LogP contribution in [0, 0.1) is 10.1 Å². The Morgan fingerprint density at radius 3 is 2.46 bits per heavy atom. The Hall–Kier alpha value is -3.04. The van der Waals surface area contributed by atoms with Crippen LogP contribution >= 0.6 is 0 Å². The van der Waals surface area contributed by atoms with E-state index in [1.807, 2.05) is 0 Å². The minimum atomic E-state index is -3.76. The van der Waals surface area contributed by atoms with Gasteiger partial charge in [-0.05, 0) is 36.3 Å². The topological polar surface area (TPSA) is 132 Å². The van der Waals surface area contributed by atoms with Crippen molar-refractivity contribution < 1.29 is 18.1 Å². The lowest BCUT2D eigenvalue weighted by atomic mass is 10.1. The lowest BCUT2D eigenvalue weighted by molar-refractivity contribution is -0.384. The molecule has 0 aromatic heterocycles. The van der Waals surface area contributed by atoms with Gasteiger partial charge in [-0.15, -0.1) is 0 Å². The van der Waals surface area contributed by atoms with Gasteiger partial charge < -0.3 is 5.32 Å². The maximum Gasteiger partial charge on any atom is 0.270 e. The Bertz CT molecular complexity index is 953. The summed E-state index contributed by atoms with van der Waals surface area (Å²) in [5.74, 6) is -0.389. The zero-order valence-corrected chi connectivity index (χ0v) is 14.6. The van der Waals surface area contributed by atoms with Crippen LogP contribution in [0.25, 0.3) is 6.08 Å². The highest BCUT2D eigenvalue weighted by atomic mass is 32.2. The van der Waals surface area contributed by atoms with Crippen LogP contribution in [-0.4, -0.2) is 19.2 Å². The maximum atomic E-state index is 12.0. The summed E-state index contributed by atoms with van der Waals surface area (Å²) in [4.78, 5) is 22.2. The van der Waals surface area contributed by atoms with Crippen LogP contribution in [0.4, 0.5) is 5.69 Å². The minimum Gasteiger partial charge on any atom is -0.346 e. The number of non-ortho nitro benzene ring substituents is 1. The molecule has 26 heavy (non-hydrogen) atoms. The van der Waals surface area contributed by atoms with E-state index in [-0.39, 0.29) is 22.5 Å². The molecular weight excluding hydrogens is 358 g/mol. The van der Waals surface area contributed by atoms with Gasteiger partial charge in [0, 0.05) is 18.2 Å². The highest BCUT2D eigenvalue weighted by molar-refractivity contribution is 7.89.